The second-order valence-corrected chi connectivity index (χ2v) is 8.36. The molecular weight excluding hydrogens is 360 g/mol. The minimum Gasteiger partial charge on any atom is -0.444 e. The van der Waals surface area contributed by atoms with Crippen LogP contribution in [0.15, 0.2) is 60.7 Å². The van der Waals surface area contributed by atoms with E-state index in [-0.39, 0.29) is 18.1 Å². The first kappa shape index (κ1) is 23.0. The second-order valence-electron chi connectivity index (χ2n) is 8.36. The largest absolute Gasteiger partial charge is 0.444 e. The Hall–Kier alpha value is -2.33. The molecule has 2 unspecified atom stereocenters. The zero-order valence-electron chi connectivity index (χ0n) is 18.8. The summed E-state index contributed by atoms with van der Waals surface area (Å²) < 4.78 is 5.62. The van der Waals surface area contributed by atoms with Gasteiger partial charge in [0.1, 0.15) is 5.60 Å². The van der Waals surface area contributed by atoms with Crippen molar-refractivity contribution in [2.75, 3.05) is 20.1 Å². The standard InChI is InChI=1S/C23H30N2O2.C2H6/c1-23(2,3)27-22(26)24(4)21-17-25(15-18-11-7-5-8-12-18)16-20(21)19-13-9-6-10-14-19;1-2/h5-14,20-21H,15-17H2,1-4H3;1-2H3. The van der Waals surface area contributed by atoms with E-state index in [0.29, 0.717) is 0 Å². The number of carbonyl (C=O) groups excluding carboxylic acids is 1. The molecule has 1 heterocycles. The highest BCUT2D eigenvalue weighted by atomic mass is 16.6. The maximum absolute atomic E-state index is 12.7. The highest BCUT2D eigenvalue weighted by Crippen LogP contribution is 2.32. The molecule has 0 bridgehead atoms. The molecule has 2 aromatic rings. The van der Waals surface area contributed by atoms with Crippen LogP contribution in [-0.4, -0.2) is 47.7 Å². The van der Waals surface area contributed by atoms with Crippen LogP contribution >= 0.6 is 0 Å². The SMILES string of the molecule is CC.CN(C(=O)OC(C)(C)C)C1CN(Cc2ccccc2)CC1c1ccccc1. The van der Waals surface area contributed by atoms with Gasteiger partial charge in [-0.15, -0.1) is 0 Å². The van der Waals surface area contributed by atoms with E-state index >= 15 is 0 Å². The van der Waals surface area contributed by atoms with E-state index in [2.05, 4.69) is 53.4 Å². The Kier molecular flexibility index (Phi) is 8.27. The molecule has 1 amide bonds. The minimum atomic E-state index is -0.490. The number of likely N-dealkylation sites (N-methyl/N-ethyl adjacent to an activating group) is 1. The van der Waals surface area contributed by atoms with Crippen LogP contribution in [0.5, 0.6) is 0 Å². The molecule has 4 nitrogen and oxygen atoms in total. The van der Waals surface area contributed by atoms with E-state index in [1.807, 2.05) is 53.8 Å². The Morgan fingerprint density at radius 1 is 1.00 bits per heavy atom. The lowest BCUT2D eigenvalue weighted by molar-refractivity contribution is 0.0217. The van der Waals surface area contributed by atoms with Crippen LogP contribution < -0.4 is 0 Å². The Labute approximate surface area is 176 Å². The maximum Gasteiger partial charge on any atom is 0.410 e. The lowest BCUT2D eigenvalue weighted by Crippen LogP contribution is -2.44. The smallest absolute Gasteiger partial charge is 0.410 e. The van der Waals surface area contributed by atoms with Crippen molar-refractivity contribution in [1.29, 1.82) is 0 Å². The molecule has 158 valence electrons. The molecule has 1 aliphatic heterocycles. The molecule has 3 rings (SSSR count). The van der Waals surface area contributed by atoms with Gasteiger partial charge < -0.3 is 9.64 Å². The molecule has 2 atom stereocenters. The van der Waals surface area contributed by atoms with Crippen LogP contribution in [-0.2, 0) is 11.3 Å². The van der Waals surface area contributed by atoms with Crippen LogP contribution in [0.1, 0.15) is 51.7 Å². The van der Waals surface area contributed by atoms with Crippen molar-refractivity contribution in [1.82, 2.24) is 9.80 Å². The maximum atomic E-state index is 12.7. The predicted molar refractivity (Wildman–Crippen MR) is 120 cm³/mol. The van der Waals surface area contributed by atoms with Gasteiger partial charge in [-0.25, -0.2) is 4.79 Å². The van der Waals surface area contributed by atoms with Gasteiger partial charge in [-0.1, -0.05) is 74.5 Å². The van der Waals surface area contributed by atoms with E-state index < -0.39 is 5.60 Å². The highest BCUT2D eigenvalue weighted by molar-refractivity contribution is 5.68. The van der Waals surface area contributed by atoms with Crippen molar-refractivity contribution in [2.45, 2.75) is 58.7 Å². The summed E-state index contributed by atoms with van der Waals surface area (Å²) in [7, 11) is 1.86. The Bertz CT molecular complexity index is 740. The van der Waals surface area contributed by atoms with Gasteiger partial charge in [0.25, 0.3) is 0 Å². The molecule has 0 N–H and O–H groups in total. The Morgan fingerprint density at radius 3 is 2.10 bits per heavy atom. The molecule has 0 saturated carbocycles. The van der Waals surface area contributed by atoms with E-state index in [9.17, 15) is 4.79 Å². The molecule has 29 heavy (non-hydrogen) atoms. The molecule has 0 aliphatic carbocycles. The molecule has 1 fully saturated rings. The first-order chi connectivity index (χ1) is 13.8. The van der Waals surface area contributed by atoms with Crippen molar-refractivity contribution in [2.24, 2.45) is 0 Å². The third kappa shape index (κ3) is 6.60. The van der Waals surface area contributed by atoms with Crippen molar-refractivity contribution < 1.29 is 9.53 Å². The van der Waals surface area contributed by atoms with Gasteiger partial charge in [0, 0.05) is 32.6 Å². The minimum absolute atomic E-state index is 0.0889. The topological polar surface area (TPSA) is 32.8 Å². The lowest BCUT2D eigenvalue weighted by Gasteiger charge is -2.31. The van der Waals surface area contributed by atoms with Crippen LogP contribution in [0.25, 0.3) is 0 Å². The molecule has 2 aromatic carbocycles. The average Bonchev–Trinajstić information content (AvgIpc) is 3.13. The van der Waals surface area contributed by atoms with E-state index in [4.69, 9.17) is 4.74 Å². The molecule has 0 spiro atoms. The fourth-order valence-electron chi connectivity index (χ4n) is 3.73. The monoisotopic (exact) mass is 396 g/mol. The lowest BCUT2D eigenvalue weighted by atomic mass is 9.94. The van der Waals surface area contributed by atoms with Gasteiger partial charge in [-0.3, -0.25) is 4.90 Å². The summed E-state index contributed by atoms with van der Waals surface area (Å²) in [5.41, 5.74) is 2.08. The van der Waals surface area contributed by atoms with Crippen LogP contribution in [0.4, 0.5) is 4.79 Å². The number of hydrogen-bond acceptors (Lipinski definition) is 3. The van der Waals surface area contributed by atoms with Gasteiger partial charge in [-0.2, -0.15) is 0 Å². The number of likely N-dealkylation sites (tertiary alicyclic amines) is 1. The molecule has 0 radical (unpaired) electrons. The number of nitrogens with zero attached hydrogens (tertiary/aromatic N) is 2. The third-order valence-electron chi connectivity index (χ3n) is 5.02. The van der Waals surface area contributed by atoms with Gasteiger partial charge in [0.05, 0.1) is 6.04 Å². The van der Waals surface area contributed by atoms with Crippen molar-refractivity contribution in [3.63, 3.8) is 0 Å². The average molecular weight is 397 g/mol. The summed E-state index contributed by atoms with van der Waals surface area (Å²) in [5, 5.41) is 0. The number of carbonyl (C=O) groups is 1. The van der Waals surface area contributed by atoms with E-state index in [0.717, 1.165) is 19.6 Å². The summed E-state index contributed by atoms with van der Waals surface area (Å²) >= 11 is 0. The fourth-order valence-corrected chi connectivity index (χ4v) is 3.73. The number of ether oxygens (including phenoxy) is 1. The number of rotatable bonds is 4. The quantitative estimate of drug-likeness (QED) is 0.679. The zero-order valence-corrected chi connectivity index (χ0v) is 18.8. The van der Waals surface area contributed by atoms with E-state index in [1.165, 1.54) is 11.1 Å². The fraction of sp³-hybridized carbons (Fsp3) is 0.480. The second kappa shape index (κ2) is 10.4. The molecule has 1 aliphatic rings. The summed E-state index contributed by atoms with van der Waals surface area (Å²) in [4.78, 5) is 16.9. The molecule has 4 heteroatoms. The van der Waals surface area contributed by atoms with Crippen LogP contribution in [0.2, 0.25) is 0 Å². The number of hydrogen-bond donors (Lipinski definition) is 0. The number of amides is 1. The summed E-state index contributed by atoms with van der Waals surface area (Å²) in [5.74, 6) is 0.271. The van der Waals surface area contributed by atoms with Crippen molar-refractivity contribution in [3.05, 3.63) is 71.8 Å². The summed E-state index contributed by atoms with van der Waals surface area (Å²) in [6.07, 6.45) is -0.255. The van der Waals surface area contributed by atoms with Gasteiger partial charge in [0.15, 0.2) is 0 Å². The van der Waals surface area contributed by atoms with Gasteiger partial charge >= 0.3 is 6.09 Å². The summed E-state index contributed by atoms with van der Waals surface area (Å²) in [6.45, 7) is 12.4. The first-order valence-corrected chi connectivity index (χ1v) is 10.6. The third-order valence-corrected chi connectivity index (χ3v) is 5.02. The number of benzene rings is 2. The van der Waals surface area contributed by atoms with E-state index in [1.54, 1.807) is 4.90 Å². The molecule has 1 saturated heterocycles. The van der Waals surface area contributed by atoms with Gasteiger partial charge in [0.2, 0.25) is 0 Å². The van der Waals surface area contributed by atoms with Crippen molar-refractivity contribution in [3.8, 4) is 0 Å². The van der Waals surface area contributed by atoms with Gasteiger partial charge in [-0.05, 0) is 31.9 Å². The van der Waals surface area contributed by atoms with Crippen molar-refractivity contribution >= 4 is 6.09 Å². The molecular formula is C25H36N2O2. The highest BCUT2D eigenvalue weighted by Gasteiger charge is 2.39. The Morgan fingerprint density at radius 2 is 1.55 bits per heavy atom. The van der Waals surface area contributed by atoms with Crippen LogP contribution in [0, 0.1) is 0 Å². The Balaban J connectivity index is 0.00000145. The normalized spacial score (nSPS) is 19.2. The predicted octanol–water partition coefficient (Wildman–Crippen LogP) is 5.55. The molecule has 0 aromatic heterocycles. The summed E-state index contributed by atoms with van der Waals surface area (Å²) in [6, 6.07) is 21.1. The first-order valence-electron chi connectivity index (χ1n) is 10.6. The zero-order chi connectivity index (χ0) is 21.4. The van der Waals surface area contributed by atoms with Crippen LogP contribution in [0.3, 0.4) is 0 Å².